The average Bonchev–Trinajstić information content (AvgIpc) is 2.74. The van der Waals surface area contributed by atoms with Crippen LogP contribution in [-0.4, -0.2) is 35.5 Å². The number of hydrogen-bond acceptors (Lipinski definition) is 3. The van der Waals surface area contributed by atoms with Gasteiger partial charge in [-0.25, -0.2) is 4.98 Å². The predicted octanol–water partition coefficient (Wildman–Crippen LogP) is 5.71. The maximum atomic E-state index is 12.7. The van der Waals surface area contributed by atoms with E-state index >= 15 is 0 Å². The molecule has 1 fully saturated rings. The maximum Gasteiger partial charge on any atom is 0.260 e. The van der Waals surface area contributed by atoms with Crippen LogP contribution in [0.1, 0.15) is 24.1 Å². The number of benzene rings is 2. The van der Waals surface area contributed by atoms with E-state index in [4.69, 9.17) is 27.9 Å². The zero-order valence-electron chi connectivity index (χ0n) is 16.9. The molecule has 0 aliphatic carbocycles. The summed E-state index contributed by atoms with van der Waals surface area (Å²) in [5, 5.41) is 1.64. The molecule has 30 heavy (non-hydrogen) atoms. The minimum Gasteiger partial charge on any atom is -0.480 e. The highest BCUT2D eigenvalue weighted by Gasteiger charge is 2.24. The largest absolute Gasteiger partial charge is 0.480 e. The number of rotatable bonds is 5. The summed E-state index contributed by atoms with van der Waals surface area (Å²) in [5.74, 6) is 0.992. The number of hydrogen-bond donors (Lipinski definition) is 0. The summed E-state index contributed by atoms with van der Waals surface area (Å²) < 4.78 is 5.85. The van der Waals surface area contributed by atoms with Gasteiger partial charge in [0.05, 0.1) is 10.0 Å². The van der Waals surface area contributed by atoms with E-state index in [1.54, 1.807) is 6.07 Å². The van der Waals surface area contributed by atoms with Crippen LogP contribution in [0.3, 0.4) is 0 Å². The van der Waals surface area contributed by atoms with Gasteiger partial charge in [0.15, 0.2) is 12.4 Å². The fourth-order valence-corrected chi connectivity index (χ4v) is 4.56. The molecule has 0 radical (unpaired) electrons. The van der Waals surface area contributed by atoms with E-state index in [1.165, 1.54) is 5.56 Å². The Bertz CT molecular complexity index is 1050. The van der Waals surface area contributed by atoms with Crippen molar-refractivity contribution in [2.75, 3.05) is 19.7 Å². The molecule has 0 saturated carbocycles. The molecule has 4 nitrogen and oxygen atoms in total. The molecule has 0 bridgehead atoms. The summed E-state index contributed by atoms with van der Waals surface area (Å²) >= 11 is 12.6. The molecule has 0 N–H and O–H groups in total. The van der Waals surface area contributed by atoms with Gasteiger partial charge in [-0.3, -0.25) is 4.79 Å². The molecule has 1 aromatic heterocycles. The monoisotopic (exact) mass is 442 g/mol. The Labute approximate surface area is 186 Å². The molecular weight excluding hydrogens is 419 g/mol. The van der Waals surface area contributed by atoms with Crippen molar-refractivity contribution in [1.82, 2.24) is 9.88 Å². The normalized spacial score (nSPS) is 14.8. The number of aryl methyl sites for hydroxylation is 1. The average molecular weight is 443 g/mol. The summed E-state index contributed by atoms with van der Waals surface area (Å²) in [4.78, 5) is 19.1. The van der Waals surface area contributed by atoms with Gasteiger partial charge in [-0.05, 0) is 55.9 Å². The molecule has 4 rings (SSSR count). The van der Waals surface area contributed by atoms with Gasteiger partial charge in [-0.15, -0.1) is 0 Å². The van der Waals surface area contributed by atoms with Crippen LogP contribution in [0.15, 0.2) is 48.5 Å². The van der Waals surface area contributed by atoms with Crippen molar-refractivity contribution in [3.05, 3.63) is 69.8 Å². The van der Waals surface area contributed by atoms with Crippen LogP contribution in [0.4, 0.5) is 0 Å². The van der Waals surface area contributed by atoms with Crippen LogP contribution in [0.25, 0.3) is 10.9 Å². The Kier molecular flexibility index (Phi) is 6.45. The van der Waals surface area contributed by atoms with Gasteiger partial charge in [0, 0.05) is 24.2 Å². The first-order valence-electron chi connectivity index (χ1n) is 10.2. The molecule has 156 valence electrons. The Hall–Kier alpha value is -2.30. The van der Waals surface area contributed by atoms with Gasteiger partial charge >= 0.3 is 0 Å². The van der Waals surface area contributed by atoms with Gasteiger partial charge in [0.1, 0.15) is 5.52 Å². The Morgan fingerprint density at radius 1 is 1.10 bits per heavy atom. The second kappa shape index (κ2) is 9.23. The minimum atomic E-state index is -0.0601. The lowest BCUT2D eigenvalue weighted by Gasteiger charge is -2.32. The third-order valence-corrected chi connectivity index (χ3v) is 6.25. The van der Waals surface area contributed by atoms with Crippen LogP contribution >= 0.6 is 23.2 Å². The van der Waals surface area contributed by atoms with E-state index in [-0.39, 0.29) is 12.5 Å². The van der Waals surface area contributed by atoms with E-state index in [0.29, 0.717) is 27.2 Å². The number of ether oxygens (including phenoxy) is 1. The highest BCUT2D eigenvalue weighted by molar-refractivity contribution is 6.39. The molecule has 1 amide bonds. The van der Waals surface area contributed by atoms with E-state index < -0.39 is 0 Å². The second-order valence-electron chi connectivity index (χ2n) is 7.82. The number of fused-ring (bicyclic) bond motifs is 1. The highest BCUT2D eigenvalue weighted by atomic mass is 35.5. The van der Waals surface area contributed by atoms with Crippen molar-refractivity contribution in [3.63, 3.8) is 0 Å². The number of carbonyl (C=O) groups is 1. The van der Waals surface area contributed by atoms with Crippen molar-refractivity contribution < 1.29 is 9.53 Å². The number of amides is 1. The zero-order chi connectivity index (χ0) is 21.1. The lowest BCUT2D eigenvalue weighted by atomic mass is 9.90. The summed E-state index contributed by atoms with van der Waals surface area (Å²) in [7, 11) is 0. The second-order valence-corrected chi connectivity index (χ2v) is 8.64. The molecule has 0 spiro atoms. The van der Waals surface area contributed by atoms with E-state index in [0.717, 1.165) is 43.4 Å². The maximum absolute atomic E-state index is 12.7. The molecule has 0 unspecified atom stereocenters. The number of piperidine rings is 1. The molecule has 1 aliphatic heterocycles. The lowest BCUT2D eigenvalue weighted by Crippen LogP contribution is -2.41. The van der Waals surface area contributed by atoms with Gasteiger partial charge in [-0.1, -0.05) is 53.5 Å². The minimum absolute atomic E-state index is 0.0278. The van der Waals surface area contributed by atoms with Gasteiger partial charge < -0.3 is 9.64 Å². The van der Waals surface area contributed by atoms with Crippen LogP contribution < -0.4 is 4.74 Å². The van der Waals surface area contributed by atoms with Gasteiger partial charge in [-0.2, -0.15) is 0 Å². The van der Waals surface area contributed by atoms with E-state index in [2.05, 4.69) is 29.2 Å². The quantitative estimate of drug-likeness (QED) is 0.507. The predicted molar refractivity (Wildman–Crippen MR) is 121 cm³/mol. The topological polar surface area (TPSA) is 42.4 Å². The van der Waals surface area contributed by atoms with Gasteiger partial charge in [0.2, 0.25) is 0 Å². The molecule has 1 aliphatic rings. The summed E-state index contributed by atoms with van der Waals surface area (Å²) in [6.45, 7) is 3.34. The molecule has 0 atom stereocenters. The summed E-state index contributed by atoms with van der Waals surface area (Å²) in [6, 6.07) is 15.9. The SMILES string of the molecule is Cc1ccc2c(Cl)cc(Cl)c(OCC(=O)N3CCC(Cc4ccccc4)CC3)c2n1. The van der Waals surface area contributed by atoms with Crippen LogP contribution in [0, 0.1) is 12.8 Å². The number of aromatic nitrogens is 1. The third kappa shape index (κ3) is 4.71. The Balaban J connectivity index is 1.37. The Morgan fingerprint density at radius 2 is 1.83 bits per heavy atom. The number of carbonyl (C=O) groups excluding carboxylic acids is 1. The van der Waals surface area contributed by atoms with Crippen molar-refractivity contribution in [3.8, 4) is 5.75 Å². The van der Waals surface area contributed by atoms with Gasteiger partial charge in [0.25, 0.3) is 5.91 Å². The fraction of sp³-hybridized carbons (Fsp3) is 0.333. The number of pyridine rings is 1. The van der Waals surface area contributed by atoms with Crippen LogP contribution in [0.5, 0.6) is 5.75 Å². The standard InChI is InChI=1S/C24H24Cl2N2O2/c1-16-7-8-19-20(25)14-21(26)24(23(19)27-16)30-15-22(29)28-11-9-18(10-12-28)13-17-5-3-2-4-6-17/h2-8,14,18H,9-13,15H2,1H3. The number of halogens is 2. The molecule has 1 saturated heterocycles. The van der Waals surface area contributed by atoms with Crippen molar-refractivity contribution >= 4 is 40.0 Å². The highest BCUT2D eigenvalue weighted by Crippen LogP contribution is 2.37. The Morgan fingerprint density at radius 3 is 2.57 bits per heavy atom. The lowest BCUT2D eigenvalue weighted by molar-refractivity contribution is -0.134. The fourth-order valence-electron chi connectivity index (χ4n) is 3.99. The van der Waals surface area contributed by atoms with Crippen molar-refractivity contribution in [2.45, 2.75) is 26.2 Å². The molecule has 2 aromatic carbocycles. The molecule has 3 aromatic rings. The third-order valence-electron chi connectivity index (χ3n) is 5.65. The smallest absolute Gasteiger partial charge is 0.260 e. The van der Waals surface area contributed by atoms with E-state index in [9.17, 15) is 4.79 Å². The van der Waals surface area contributed by atoms with Crippen molar-refractivity contribution in [2.24, 2.45) is 5.92 Å². The number of nitrogens with zero attached hydrogens (tertiary/aromatic N) is 2. The van der Waals surface area contributed by atoms with E-state index in [1.807, 2.05) is 30.0 Å². The first-order valence-corrected chi connectivity index (χ1v) is 11.0. The summed E-state index contributed by atoms with van der Waals surface area (Å²) in [6.07, 6.45) is 3.08. The zero-order valence-corrected chi connectivity index (χ0v) is 18.4. The summed E-state index contributed by atoms with van der Waals surface area (Å²) in [5.41, 5.74) is 2.78. The first kappa shape index (κ1) is 21.0. The van der Waals surface area contributed by atoms with Crippen LogP contribution in [-0.2, 0) is 11.2 Å². The molecular formula is C24H24Cl2N2O2. The van der Waals surface area contributed by atoms with Crippen molar-refractivity contribution in [1.29, 1.82) is 0 Å². The molecule has 2 heterocycles. The first-order chi connectivity index (χ1) is 14.5. The number of likely N-dealkylation sites (tertiary alicyclic amines) is 1. The molecule has 6 heteroatoms. The van der Waals surface area contributed by atoms with Crippen LogP contribution in [0.2, 0.25) is 10.0 Å².